The minimum Gasteiger partial charge on any atom is -0.462 e. The summed E-state index contributed by atoms with van der Waals surface area (Å²) in [6, 6.07) is 13.9. The van der Waals surface area contributed by atoms with Crippen LogP contribution >= 0.6 is 11.6 Å². The molecule has 32 heavy (non-hydrogen) atoms. The Hall–Kier alpha value is -3.91. The van der Waals surface area contributed by atoms with E-state index >= 15 is 0 Å². The number of ether oxygens (including phenoxy) is 1. The summed E-state index contributed by atoms with van der Waals surface area (Å²) in [5, 5.41) is 10.6. The summed E-state index contributed by atoms with van der Waals surface area (Å²) in [6.07, 6.45) is 3.04. The third-order valence-corrected chi connectivity index (χ3v) is 4.98. The molecule has 0 aliphatic rings. The number of nitrogens with zero attached hydrogens (tertiary/aromatic N) is 3. The molecule has 9 heteroatoms. The van der Waals surface area contributed by atoms with Crippen LogP contribution in [0.4, 0.5) is 16.2 Å². The zero-order chi connectivity index (χ0) is 22.7. The summed E-state index contributed by atoms with van der Waals surface area (Å²) in [5.74, 6) is -0.475. The molecule has 2 aromatic heterocycles. The van der Waals surface area contributed by atoms with E-state index in [2.05, 4.69) is 20.7 Å². The molecule has 0 saturated carbocycles. The fourth-order valence-corrected chi connectivity index (χ4v) is 3.50. The first-order valence-corrected chi connectivity index (χ1v) is 10.3. The van der Waals surface area contributed by atoms with Crippen molar-refractivity contribution in [3.8, 4) is 11.3 Å². The monoisotopic (exact) mass is 449 g/mol. The van der Waals surface area contributed by atoms with Crippen molar-refractivity contribution < 1.29 is 14.3 Å². The smallest absolute Gasteiger partial charge is 0.343 e. The number of halogens is 1. The minimum absolute atomic E-state index is 0.265. The van der Waals surface area contributed by atoms with Crippen molar-refractivity contribution in [1.29, 1.82) is 0 Å². The van der Waals surface area contributed by atoms with Gasteiger partial charge in [0, 0.05) is 28.2 Å². The first-order valence-electron chi connectivity index (χ1n) is 9.90. The van der Waals surface area contributed by atoms with Gasteiger partial charge in [0.25, 0.3) is 0 Å². The van der Waals surface area contributed by atoms with Crippen LogP contribution in [0.15, 0.2) is 60.9 Å². The van der Waals surface area contributed by atoms with E-state index in [4.69, 9.17) is 16.3 Å². The van der Waals surface area contributed by atoms with Crippen molar-refractivity contribution in [2.24, 2.45) is 0 Å². The highest BCUT2D eigenvalue weighted by Gasteiger charge is 2.17. The van der Waals surface area contributed by atoms with Gasteiger partial charge in [0.1, 0.15) is 5.56 Å². The van der Waals surface area contributed by atoms with Crippen LogP contribution in [0.3, 0.4) is 0 Å². The van der Waals surface area contributed by atoms with Crippen molar-refractivity contribution in [1.82, 2.24) is 14.6 Å². The van der Waals surface area contributed by atoms with Crippen LogP contribution in [0.2, 0.25) is 5.02 Å². The van der Waals surface area contributed by atoms with Gasteiger partial charge in [-0.3, -0.25) is 0 Å². The van der Waals surface area contributed by atoms with Crippen molar-refractivity contribution in [3.05, 3.63) is 77.1 Å². The van der Waals surface area contributed by atoms with Gasteiger partial charge in [0.05, 0.1) is 18.5 Å². The van der Waals surface area contributed by atoms with E-state index in [1.165, 1.54) is 6.20 Å². The van der Waals surface area contributed by atoms with Gasteiger partial charge in [-0.15, -0.1) is 0 Å². The Kier molecular flexibility index (Phi) is 6.04. The molecule has 0 unspecified atom stereocenters. The summed E-state index contributed by atoms with van der Waals surface area (Å²) < 4.78 is 6.64. The molecule has 2 heterocycles. The Morgan fingerprint density at radius 2 is 1.97 bits per heavy atom. The van der Waals surface area contributed by atoms with Gasteiger partial charge < -0.3 is 15.4 Å². The quantitative estimate of drug-likeness (QED) is 0.409. The molecule has 162 valence electrons. The van der Waals surface area contributed by atoms with E-state index in [1.807, 2.05) is 25.1 Å². The number of aryl methyl sites for hydroxylation is 1. The standard InChI is InChI=1S/C23H20ClN5O3/c1-3-32-22(30)18-13-26-29-20(9-10-25-21(18)29)15-5-4-6-17(12-15)27-23(31)28-19-8-7-16(24)11-14(19)2/h4-13H,3H2,1-2H3,(H2,27,28,31). The molecule has 2 amide bonds. The summed E-state index contributed by atoms with van der Waals surface area (Å²) >= 11 is 5.97. The fourth-order valence-electron chi connectivity index (χ4n) is 3.27. The molecular formula is C23H20ClN5O3. The molecule has 4 rings (SSSR count). The third-order valence-electron chi connectivity index (χ3n) is 4.75. The van der Waals surface area contributed by atoms with Crippen LogP contribution < -0.4 is 10.6 Å². The highest BCUT2D eigenvalue weighted by molar-refractivity contribution is 6.30. The Balaban J connectivity index is 1.58. The third kappa shape index (κ3) is 4.40. The van der Waals surface area contributed by atoms with Crippen molar-refractivity contribution in [2.45, 2.75) is 13.8 Å². The van der Waals surface area contributed by atoms with Crippen LogP contribution in [0.1, 0.15) is 22.8 Å². The molecule has 0 spiro atoms. The number of amides is 2. The number of benzene rings is 2. The van der Waals surface area contributed by atoms with Gasteiger partial charge in [-0.1, -0.05) is 23.7 Å². The number of hydrogen-bond donors (Lipinski definition) is 2. The number of urea groups is 1. The number of hydrogen-bond acceptors (Lipinski definition) is 5. The molecule has 0 aliphatic carbocycles. The predicted molar refractivity (Wildman–Crippen MR) is 123 cm³/mol. The molecular weight excluding hydrogens is 430 g/mol. The van der Waals surface area contributed by atoms with E-state index in [0.29, 0.717) is 33.3 Å². The molecule has 0 bridgehead atoms. The highest BCUT2D eigenvalue weighted by Crippen LogP contribution is 2.25. The number of esters is 1. The lowest BCUT2D eigenvalue weighted by atomic mass is 10.1. The van der Waals surface area contributed by atoms with Crippen LogP contribution in [-0.4, -0.2) is 33.2 Å². The summed E-state index contributed by atoms with van der Waals surface area (Å²) in [4.78, 5) is 28.9. The van der Waals surface area contributed by atoms with Crippen LogP contribution in [0.5, 0.6) is 0 Å². The lowest BCUT2D eigenvalue weighted by molar-refractivity contribution is 0.0528. The predicted octanol–water partition coefficient (Wildman–Crippen LogP) is 5.18. The molecule has 2 aromatic carbocycles. The first-order chi connectivity index (χ1) is 15.5. The number of carbonyl (C=O) groups excluding carboxylic acids is 2. The summed E-state index contributed by atoms with van der Waals surface area (Å²) in [5.41, 5.74) is 4.31. The Morgan fingerprint density at radius 1 is 1.12 bits per heavy atom. The molecule has 0 fully saturated rings. The van der Waals surface area contributed by atoms with Gasteiger partial charge in [-0.05, 0) is 55.8 Å². The molecule has 8 nitrogen and oxygen atoms in total. The van der Waals surface area contributed by atoms with Crippen molar-refractivity contribution in [3.63, 3.8) is 0 Å². The van der Waals surface area contributed by atoms with Gasteiger partial charge in [0.15, 0.2) is 5.65 Å². The average Bonchev–Trinajstić information content (AvgIpc) is 3.20. The second-order valence-corrected chi connectivity index (χ2v) is 7.40. The SMILES string of the molecule is CCOC(=O)c1cnn2c(-c3cccc(NC(=O)Nc4ccc(Cl)cc4C)c3)ccnc12. The van der Waals surface area contributed by atoms with Gasteiger partial charge in [-0.25, -0.2) is 19.1 Å². The second-order valence-electron chi connectivity index (χ2n) is 6.96. The van der Waals surface area contributed by atoms with Crippen molar-refractivity contribution in [2.75, 3.05) is 17.2 Å². The Morgan fingerprint density at radius 3 is 2.75 bits per heavy atom. The highest BCUT2D eigenvalue weighted by atomic mass is 35.5. The van der Waals surface area contributed by atoms with E-state index in [1.54, 1.807) is 48.0 Å². The number of aromatic nitrogens is 3. The molecule has 0 radical (unpaired) electrons. The van der Waals surface area contributed by atoms with Gasteiger partial charge in [0.2, 0.25) is 0 Å². The number of fused-ring (bicyclic) bond motifs is 1. The second kappa shape index (κ2) is 9.07. The van der Waals surface area contributed by atoms with Crippen LogP contribution in [0.25, 0.3) is 16.9 Å². The number of rotatable bonds is 5. The number of anilines is 2. The maximum Gasteiger partial charge on any atom is 0.343 e. The van der Waals surface area contributed by atoms with E-state index < -0.39 is 5.97 Å². The minimum atomic E-state index is -0.475. The lowest BCUT2D eigenvalue weighted by Gasteiger charge is -2.11. The number of nitrogens with one attached hydrogen (secondary N) is 2. The van der Waals surface area contributed by atoms with E-state index in [0.717, 1.165) is 11.1 Å². The van der Waals surface area contributed by atoms with Gasteiger partial charge in [-0.2, -0.15) is 5.10 Å². The normalized spacial score (nSPS) is 10.7. The largest absolute Gasteiger partial charge is 0.462 e. The molecule has 0 aliphatic heterocycles. The maximum atomic E-state index is 12.5. The first kappa shape index (κ1) is 21.3. The van der Waals surface area contributed by atoms with Crippen LogP contribution in [-0.2, 0) is 4.74 Å². The maximum absolute atomic E-state index is 12.5. The summed E-state index contributed by atoms with van der Waals surface area (Å²) in [7, 11) is 0. The fraction of sp³-hybridized carbons (Fsp3) is 0.130. The molecule has 2 N–H and O–H groups in total. The lowest BCUT2D eigenvalue weighted by Crippen LogP contribution is -2.20. The van der Waals surface area contributed by atoms with Gasteiger partial charge >= 0.3 is 12.0 Å². The van der Waals surface area contributed by atoms with E-state index in [9.17, 15) is 9.59 Å². The Labute approximate surface area is 189 Å². The topological polar surface area (TPSA) is 97.6 Å². The molecule has 0 saturated heterocycles. The molecule has 0 atom stereocenters. The summed E-state index contributed by atoms with van der Waals surface area (Å²) in [6.45, 7) is 3.87. The molecule has 4 aromatic rings. The zero-order valence-corrected chi connectivity index (χ0v) is 18.2. The number of carbonyl (C=O) groups is 2. The van der Waals surface area contributed by atoms with Crippen LogP contribution in [0, 0.1) is 6.92 Å². The van der Waals surface area contributed by atoms with Crippen molar-refractivity contribution >= 4 is 40.6 Å². The van der Waals surface area contributed by atoms with E-state index in [-0.39, 0.29) is 12.6 Å². The zero-order valence-electron chi connectivity index (χ0n) is 17.4. The average molecular weight is 450 g/mol. The Bertz CT molecular complexity index is 1320.